The number of piperidine rings is 1. The minimum Gasteiger partial charge on any atom is -0.353 e. The highest BCUT2D eigenvalue weighted by Gasteiger charge is 2.45. The maximum absolute atomic E-state index is 11.9. The predicted octanol–water partition coefficient (Wildman–Crippen LogP) is 2.19. The number of hydrogen-bond donors (Lipinski definition) is 1. The van der Waals surface area contributed by atoms with E-state index >= 15 is 0 Å². The number of hydrogen-bond acceptors (Lipinski definition) is 1. The molecule has 0 aromatic rings. The molecule has 0 bridgehead atoms. The Morgan fingerprint density at radius 2 is 2.07 bits per heavy atom. The van der Waals surface area contributed by atoms with Crippen molar-refractivity contribution < 1.29 is 4.79 Å². The molecule has 2 rings (SSSR count). The molecule has 80 valence electrons. The van der Waals surface area contributed by atoms with Crippen molar-refractivity contribution in [3.63, 3.8) is 0 Å². The average molecular weight is 195 g/mol. The number of carbonyl (C=O) groups is 1. The molecular weight excluding hydrogens is 174 g/mol. The van der Waals surface area contributed by atoms with E-state index in [1.807, 2.05) is 0 Å². The quantitative estimate of drug-likeness (QED) is 0.682. The van der Waals surface area contributed by atoms with E-state index in [9.17, 15) is 4.79 Å². The Morgan fingerprint density at radius 3 is 2.71 bits per heavy atom. The van der Waals surface area contributed by atoms with Crippen molar-refractivity contribution in [3.05, 3.63) is 0 Å². The van der Waals surface area contributed by atoms with Crippen molar-refractivity contribution in [2.45, 2.75) is 46.1 Å². The van der Waals surface area contributed by atoms with E-state index in [1.54, 1.807) is 0 Å². The van der Waals surface area contributed by atoms with Gasteiger partial charge in [-0.25, -0.2) is 0 Å². The molecule has 2 nitrogen and oxygen atoms in total. The zero-order valence-corrected chi connectivity index (χ0v) is 9.42. The molecule has 4 atom stereocenters. The molecular formula is C12H21NO. The SMILES string of the molecule is CC1CC2CC[C@H](C(C)C)C2C(=O)N1. The second kappa shape index (κ2) is 3.56. The van der Waals surface area contributed by atoms with Crippen LogP contribution < -0.4 is 5.32 Å². The van der Waals surface area contributed by atoms with Crippen LogP contribution >= 0.6 is 0 Å². The summed E-state index contributed by atoms with van der Waals surface area (Å²) in [6.07, 6.45) is 3.72. The fourth-order valence-corrected chi connectivity index (χ4v) is 3.39. The summed E-state index contributed by atoms with van der Waals surface area (Å²) in [7, 11) is 0. The molecule has 0 aromatic carbocycles. The smallest absolute Gasteiger partial charge is 0.223 e. The zero-order chi connectivity index (χ0) is 10.3. The molecule has 0 aromatic heterocycles. The molecule has 2 aliphatic rings. The van der Waals surface area contributed by atoms with Crippen LogP contribution in [0.4, 0.5) is 0 Å². The number of rotatable bonds is 1. The Labute approximate surface area is 86.5 Å². The molecule has 3 unspecified atom stereocenters. The second-order valence-corrected chi connectivity index (χ2v) is 5.42. The number of amides is 1. The van der Waals surface area contributed by atoms with Gasteiger partial charge in [0, 0.05) is 12.0 Å². The van der Waals surface area contributed by atoms with Crippen molar-refractivity contribution in [1.29, 1.82) is 0 Å². The van der Waals surface area contributed by atoms with E-state index in [1.165, 1.54) is 19.3 Å². The van der Waals surface area contributed by atoms with Gasteiger partial charge in [0.1, 0.15) is 0 Å². The summed E-state index contributed by atoms with van der Waals surface area (Å²) in [6.45, 7) is 6.62. The van der Waals surface area contributed by atoms with Crippen molar-refractivity contribution in [2.24, 2.45) is 23.7 Å². The second-order valence-electron chi connectivity index (χ2n) is 5.42. The third-order valence-corrected chi connectivity index (χ3v) is 4.04. The highest BCUT2D eigenvalue weighted by Crippen LogP contribution is 2.45. The lowest BCUT2D eigenvalue weighted by Gasteiger charge is -2.34. The Balaban J connectivity index is 2.13. The van der Waals surface area contributed by atoms with Crippen LogP contribution in [0.5, 0.6) is 0 Å². The van der Waals surface area contributed by atoms with Crippen LogP contribution in [0.1, 0.15) is 40.0 Å². The Kier molecular flexibility index (Phi) is 2.54. The van der Waals surface area contributed by atoms with Gasteiger partial charge in [-0.2, -0.15) is 0 Å². The average Bonchev–Trinajstić information content (AvgIpc) is 2.47. The highest BCUT2D eigenvalue weighted by molar-refractivity contribution is 5.80. The molecule has 1 amide bonds. The Bertz CT molecular complexity index is 236. The molecule has 14 heavy (non-hydrogen) atoms. The van der Waals surface area contributed by atoms with E-state index in [4.69, 9.17) is 0 Å². The molecule has 2 heteroatoms. The molecule has 2 fully saturated rings. The summed E-state index contributed by atoms with van der Waals surface area (Å²) in [5.41, 5.74) is 0. The minimum absolute atomic E-state index is 0.324. The molecule has 1 heterocycles. The van der Waals surface area contributed by atoms with Gasteiger partial charge < -0.3 is 5.32 Å². The third kappa shape index (κ3) is 1.55. The molecule has 1 saturated carbocycles. The largest absolute Gasteiger partial charge is 0.353 e. The summed E-state index contributed by atoms with van der Waals surface area (Å²) in [6, 6.07) is 0.398. The summed E-state index contributed by atoms with van der Waals surface area (Å²) in [5, 5.41) is 3.10. The third-order valence-electron chi connectivity index (χ3n) is 4.04. The van der Waals surface area contributed by atoms with Gasteiger partial charge in [-0.1, -0.05) is 13.8 Å². The van der Waals surface area contributed by atoms with E-state index in [0.717, 1.165) is 0 Å². The van der Waals surface area contributed by atoms with Crippen molar-refractivity contribution in [3.8, 4) is 0 Å². The molecule has 0 spiro atoms. The first-order chi connectivity index (χ1) is 6.59. The fourth-order valence-electron chi connectivity index (χ4n) is 3.39. The fraction of sp³-hybridized carbons (Fsp3) is 0.917. The van der Waals surface area contributed by atoms with E-state index in [2.05, 4.69) is 26.1 Å². The number of nitrogens with one attached hydrogen (secondary N) is 1. The first-order valence-electron chi connectivity index (χ1n) is 5.90. The van der Waals surface area contributed by atoms with Crippen LogP contribution in [0.25, 0.3) is 0 Å². The normalized spacial score (nSPS) is 42.4. The van der Waals surface area contributed by atoms with Crippen LogP contribution in [0.2, 0.25) is 0 Å². The van der Waals surface area contributed by atoms with Gasteiger partial charge in [-0.15, -0.1) is 0 Å². The minimum atomic E-state index is 0.324. The van der Waals surface area contributed by atoms with Crippen LogP contribution in [-0.4, -0.2) is 11.9 Å². The number of fused-ring (bicyclic) bond motifs is 1. The monoisotopic (exact) mass is 195 g/mol. The summed E-state index contributed by atoms with van der Waals surface area (Å²) >= 11 is 0. The van der Waals surface area contributed by atoms with Crippen molar-refractivity contribution >= 4 is 5.91 Å². The van der Waals surface area contributed by atoms with Crippen LogP contribution in [0, 0.1) is 23.7 Å². The molecule has 0 radical (unpaired) electrons. The number of carbonyl (C=O) groups excluding carboxylic acids is 1. The molecule has 1 aliphatic heterocycles. The first kappa shape index (κ1) is 10.0. The standard InChI is InChI=1S/C12H21NO/c1-7(2)10-5-4-9-6-8(3)13-12(14)11(9)10/h7-11H,4-6H2,1-3H3,(H,13,14)/t8?,9?,10-,11?/m1/s1. The lowest BCUT2D eigenvalue weighted by molar-refractivity contribution is -0.131. The van der Waals surface area contributed by atoms with Crippen molar-refractivity contribution in [2.75, 3.05) is 0 Å². The lowest BCUT2D eigenvalue weighted by atomic mass is 9.78. The van der Waals surface area contributed by atoms with Crippen molar-refractivity contribution in [1.82, 2.24) is 5.32 Å². The lowest BCUT2D eigenvalue weighted by Crippen LogP contribution is -2.47. The van der Waals surface area contributed by atoms with Gasteiger partial charge in [0.05, 0.1) is 0 Å². The van der Waals surface area contributed by atoms with E-state index < -0.39 is 0 Å². The van der Waals surface area contributed by atoms with Crippen LogP contribution in [-0.2, 0) is 4.79 Å². The van der Waals surface area contributed by atoms with Gasteiger partial charge in [0.25, 0.3) is 0 Å². The summed E-state index contributed by atoms with van der Waals surface area (Å²) in [4.78, 5) is 11.9. The van der Waals surface area contributed by atoms with Gasteiger partial charge in [0.15, 0.2) is 0 Å². The topological polar surface area (TPSA) is 29.1 Å². The van der Waals surface area contributed by atoms with Gasteiger partial charge in [-0.3, -0.25) is 4.79 Å². The maximum Gasteiger partial charge on any atom is 0.223 e. The van der Waals surface area contributed by atoms with Crippen LogP contribution in [0.15, 0.2) is 0 Å². The zero-order valence-electron chi connectivity index (χ0n) is 9.42. The van der Waals surface area contributed by atoms with Crippen LogP contribution in [0.3, 0.4) is 0 Å². The Hall–Kier alpha value is -0.530. The molecule has 1 saturated heterocycles. The van der Waals surface area contributed by atoms with E-state index in [0.29, 0.717) is 35.6 Å². The Morgan fingerprint density at radius 1 is 1.36 bits per heavy atom. The first-order valence-corrected chi connectivity index (χ1v) is 5.90. The summed E-state index contributed by atoms with van der Waals surface area (Å²) < 4.78 is 0. The van der Waals surface area contributed by atoms with E-state index in [-0.39, 0.29) is 0 Å². The van der Waals surface area contributed by atoms with Gasteiger partial charge >= 0.3 is 0 Å². The summed E-state index contributed by atoms with van der Waals surface area (Å²) in [5.74, 6) is 2.61. The molecule has 1 N–H and O–H groups in total. The predicted molar refractivity (Wildman–Crippen MR) is 56.8 cm³/mol. The highest BCUT2D eigenvalue weighted by atomic mass is 16.2. The molecule has 1 aliphatic carbocycles. The van der Waals surface area contributed by atoms with Gasteiger partial charge in [-0.05, 0) is 43.9 Å². The van der Waals surface area contributed by atoms with Gasteiger partial charge in [0.2, 0.25) is 5.91 Å². The maximum atomic E-state index is 11.9.